The molecule has 0 bridgehead atoms. The van der Waals surface area contributed by atoms with E-state index in [9.17, 15) is 9.59 Å². The van der Waals surface area contributed by atoms with Crippen molar-refractivity contribution in [2.24, 2.45) is 5.73 Å². The number of unbranched alkanes of at least 4 members (excludes halogenated alkanes) is 1. The molecule has 1 aliphatic rings. The number of nitrogens with zero attached hydrogens (tertiary/aromatic N) is 1. The van der Waals surface area contributed by atoms with E-state index >= 15 is 0 Å². The van der Waals surface area contributed by atoms with Gasteiger partial charge in [-0.25, -0.2) is 14.6 Å². The second-order valence-corrected chi connectivity index (χ2v) is 8.76. The van der Waals surface area contributed by atoms with Crippen LogP contribution in [0.5, 0.6) is 0 Å². The van der Waals surface area contributed by atoms with Crippen LogP contribution in [-0.4, -0.2) is 41.5 Å². The van der Waals surface area contributed by atoms with Crippen LogP contribution in [0.3, 0.4) is 0 Å². The Balaban J connectivity index is 0.00000281. The lowest BCUT2D eigenvalue weighted by atomic mass is 9.88. The van der Waals surface area contributed by atoms with Crippen molar-refractivity contribution in [1.82, 2.24) is 10.3 Å². The smallest absolute Gasteiger partial charge is 0.408 e. The number of alkyl carbamates (subject to hydrolysis) is 1. The van der Waals surface area contributed by atoms with Gasteiger partial charge in [0, 0.05) is 0 Å². The van der Waals surface area contributed by atoms with E-state index in [1.54, 1.807) is 12.1 Å². The fraction of sp³-hybridized carbons (Fsp3) is 0.458. The van der Waals surface area contributed by atoms with Gasteiger partial charge in [-0.2, -0.15) is 0 Å². The molecule has 1 saturated heterocycles. The number of hydrogen-bond donors (Lipinski definition) is 5. The number of hydrogen-bond acceptors (Lipinski definition) is 7. The molecule has 2 rings (SSSR count). The van der Waals surface area contributed by atoms with Gasteiger partial charge in [0.15, 0.2) is 0 Å². The van der Waals surface area contributed by atoms with Crippen LogP contribution in [0.1, 0.15) is 53.2 Å². The highest BCUT2D eigenvalue weighted by atomic mass is 33.1. The Morgan fingerprint density at radius 2 is 1.94 bits per heavy atom. The molecule has 1 aromatic heterocycles. The minimum Gasteiger partial charge on any atom is -0.444 e. The predicted molar refractivity (Wildman–Crippen MR) is 144 cm³/mol. The number of pyridine rings is 1. The number of carbonyl (C=O) groups is 2. The third-order valence-corrected chi connectivity index (χ3v) is 4.75. The standard InChI is InChI=1S/C24H34N4O4.H2S2/c1-6-7-8-10-18(19-11-9-12-20(26-19)27-21(25)29)14-13-17(2)24(15-31-16-24)28-22(30)32-23(3,4)5;1-2/h8-14H,6-7,15-16H2,1-5H3,(H,28,30)(H3,25,26,27,29);1-2H/b10-8-,17-13+,18-14+;. The minimum absolute atomic E-state index is 0.375. The molecule has 34 heavy (non-hydrogen) atoms. The maximum absolute atomic E-state index is 12.3. The maximum Gasteiger partial charge on any atom is 0.408 e. The number of carbonyl (C=O) groups excluding carboxylic acids is 2. The second-order valence-electron chi connectivity index (χ2n) is 8.76. The Morgan fingerprint density at radius 1 is 1.26 bits per heavy atom. The molecule has 0 radical (unpaired) electrons. The zero-order chi connectivity index (χ0) is 25.8. The van der Waals surface area contributed by atoms with E-state index in [-0.39, 0.29) is 0 Å². The first kappa shape index (κ1) is 29.6. The second kappa shape index (κ2) is 14.1. The summed E-state index contributed by atoms with van der Waals surface area (Å²) in [6, 6.07) is 4.67. The van der Waals surface area contributed by atoms with Crippen LogP contribution in [0.15, 0.2) is 48.1 Å². The summed E-state index contributed by atoms with van der Waals surface area (Å²) >= 11 is 6.44. The van der Waals surface area contributed by atoms with Gasteiger partial charge in [0.05, 0.1) is 18.9 Å². The fourth-order valence-corrected chi connectivity index (χ4v) is 2.97. The first-order valence-electron chi connectivity index (χ1n) is 10.9. The van der Waals surface area contributed by atoms with E-state index in [0.29, 0.717) is 24.7 Å². The van der Waals surface area contributed by atoms with Gasteiger partial charge in [-0.05, 0) is 57.4 Å². The molecular weight excluding hydrogens is 472 g/mol. The van der Waals surface area contributed by atoms with Crippen molar-refractivity contribution < 1.29 is 19.1 Å². The van der Waals surface area contributed by atoms with Crippen molar-refractivity contribution in [2.45, 2.75) is 58.6 Å². The molecule has 1 fully saturated rings. The van der Waals surface area contributed by atoms with E-state index in [0.717, 1.165) is 24.0 Å². The van der Waals surface area contributed by atoms with Crippen LogP contribution in [0.2, 0.25) is 0 Å². The van der Waals surface area contributed by atoms with Gasteiger partial charge in [0.2, 0.25) is 0 Å². The Bertz CT molecular complexity index is 920. The molecule has 4 N–H and O–H groups in total. The number of nitrogens with one attached hydrogen (secondary N) is 2. The molecule has 10 heteroatoms. The Kier molecular flexibility index (Phi) is 12.3. The average Bonchev–Trinajstić information content (AvgIpc) is 2.73. The molecule has 0 aromatic carbocycles. The molecule has 188 valence electrons. The summed E-state index contributed by atoms with van der Waals surface area (Å²) < 4.78 is 10.8. The average molecular weight is 509 g/mol. The first-order chi connectivity index (χ1) is 16.0. The molecule has 2 heterocycles. The van der Waals surface area contributed by atoms with Gasteiger partial charge in [0.1, 0.15) is 17.0 Å². The Labute approximate surface area is 212 Å². The topological polar surface area (TPSA) is 116 Å². The number of allylic oxidation sites excluding steroid dienone is 5. The summed E-state index contributed by atoms with van der Waals surface area (Å²) in [6.45, 7) is 10.3. The molecule has 0 unspecified atom stereocenters. The van der Waals surface area contributed by atoms with Crippen molar-refractivity contribution in [3.8, 4) is 0 Å². The van der Waals surface area contributed by atoms with Crippen LogP contribution < -0.4 is 16.4 Å². The van der Waals surface area contributed by atoms with Crippen LogP contribution in [0.25, 0.3) is 5.57 Å². The summed E-state index contributed by atoms with van der Waals surface area (Å²) in [6.07, 6.45) is 9.43. The van der Waals surface area contributed by atoms with Crippen LogP contribution in [-0.2, 0) is 9.47 Å². The first-order valence-corrected chi connectivity index (χ1v) is 12.5. The number of urea groups is 1. The third-order valence-electron chi connectivity index (χ3n) is 4.75. The lowest BCUT2D eigenvalue weighted by molar-refractivity contribution is -0.0570. The van der Waals surface area contributed by atoms with Gasteiger partial charge in [-0.15, -0.1) is 23.3 Å². The summed E-state index contributed by atoms with van der Waals surface area (Å²) in [5.41, 5.74) is 6.50. The highest BCUT2D eigenvalue weighted by Crippen LogP contribution is 2.27. The SMILES string of the molecule is CCC\C=C/C(=C\C=C(/C)C1(NC(=O)OC(C)(C)C)COC1)c1cccc(NC(N)=O)n1.SS. The largest absolute Gasteiger partial charge is 0.444 e. The highest BCUT2D eigenvalue weighted by molar-refractivity contribution is 8.59. The number of anilines is 1. The maximum atomic E-state index is 12.3. The summed E-state index contributed by atoms with van der Waals surface area (Å²) in [7, 11) is 0. The number of ether oxygens (including phenoxy) is 2. The lowest BCUT2D eigenvalue weighted by Gasteiger charge is -2.43. The zero-order valence-corrected chi connectivity index (χ0v) is 22.2. The quantitative estimate of drug-likeness (QED) is 0.185. The molecule has 1 aromatic rings. The van der Waals surface area contributed by atoms with Gasteiger partial charge < -0.3 is 20.5 Å². The lowest BCUT2D eigenvalue weighted by Crippen LogP contribution is -2.63. The Hall–Kier alpha value is -2.43. The minimum atomic E-state index is -0.669. The van der Waals surface area contributed by atoms with Gasteiger partial charge in [-0.3, -0.25) is 5.32 Å². The van der Waals surface area contributed by atoms with Crippen molar-refractivity contribution >= 4 is 46.8 Å². The van der Waals surface area contributed by atoms with Crippen molar-refractivity contribution in [2.75, 3.05) is 18.5 Å². The van der Waals surface area contributed by atoms with Crippen molar-refractivity contribution in [3.05, 3.63) is 53.8 Å². The van der Waals surface area contributed by atoms with E-state index < -0.39 is 23.3 Å². The highest BCUT2D eigenvalue weighted by Gasteiger charge is 2.42. The summed E-state index contributed by atoms with van der Waals surface area (Å²) in [5.74, 6) is 0.376. The van der Waals surface area contributed by atoms with Crippen molar-refractivity contribution in [1.29, 1.82) is 0 Å². The normalized spacial score (nSPS) is 15.6. The Morgan fingerprint density at radius 3 is 2.47 bits per heavy atom. The van der Waals surface area contributed by atoms with E-state index in [1.807, 2.05) is 52.0 Å². The molecule has 0 atom stereocenters. The molecular formula is C24H36N4O4S2. The number of rotatable bonds is 8. The molecule has 8 nitrogen and oxygen atoms in total. The zero-order valence-electron chi connectivity index (χ0n) is 20.4. The number of nitrogens with two attached hydrogens (primary N) is 1. The van der Waals surface area contributed by atoms with Crippen molar-refractivity contribution in [3.63, 3.8) is 0 Å². The van der Waals surface area contributed by atoms with Crippen LogP contribution in [0.4, 0.5) is 15.4 Å². The third kappa shape index (κ3) is 9.82. The van der Waals surface area contributed by atoms with Crippen LogP contribution >= 0.6 is 23.3 Å². The number of thiol groups is 2. The molecule has 3 amide bonds. The summed E-state index contributed by atoms with van der Waals surface area (Å²) in [4.78, 5) is 28.0. The molecule has 0 saturated carbocycles. The molecule has 1 aliphatic heterocycles. The summed E-state index contributed by atoms with van der Waals surface area (Å²) in [5, 5.41) is 5.45. The van der Waals surface area contributed by atoms with Gasteiger partial charge in [0.25, 0.3) is 0 Å². The predicted octanol–water partition coefficient (Wildman–Crippen LogP) is 5.31. The van der Waals surface area contributed by atoms with Crippen LogP contribution in [0, 0.1) is 0 Å². The molecule has 0 spiro atoms. The number of amides is 3. The number of aromatic nitrogens is 1. The number of primary amides is 1. The monoisotopic (exact) mass is 508 g/mol. The van der Waals surface area contributed by atoms with E-state index in [1.165, 1.54) is 0 Å². The molecule has 0 aliphatic carbocycles. The fourth-order valence-electron chi connectivity index (χ4n) is 2.97. The van der Waals surface area contributed by atoms with Gasteiger partial charge in [-0.1, -0.05) is 43.7 Å². The van der Waals surface area contributed by atoms with E-state index in [4.69, 9.17) is 15.2 Å². The van der Waals surface area contributed by atoms with E-state index in [2.05, 4.69) is 51.9 Å². The van der Waals surface area contributed by atoms with Gasteiger partial charge >= 0.3 is 12.1 Å².